The number of aliphatic imine (C=N–C) groups is 2. The van der Waals surface area contributed by atoms with E-state index in [9.17, 15) is 14.7 Å². The Bertz CT molecular complexity index is 2630. The molecule has 1 saturated heterocycles. The molecule has 2 aliphatic carbocycles. The summed E-state index contributed by atoms with van der Waals surface area (Å²) in [5.74, 6) is 0.837. The van der Waals surface area contributed by atoms with Crippen LogP contribution >= 0.6 is 22.7 Å². The minimum atomic E-state index is -0.719. The number of fused-ring (bicyclic) bond motifs is 8. The first-order valence-corrected chi connectivity index (χ1v) is 20.7. The van der Waals surface area contributed by atoms with Crippen LogP contribution in [0.25, 0.3) is 20.4 Å². The minimum Gasteiger partial charge on any atom is -0.481 e. The molecule has 2 atom stereocenters. The van der Waals surface area contributed by atoms with E-state index in [0.29, 0.717) is 52.2 Å². The predicted octanol–water partition coefficient (Wildman–Crippen LogP) is 5.68. The largest absolute Gasteiger partial charge is 0.481 e. The van der Waals surface area contributed by atoms with Crippen LogP contribution in [0.4, 0.5) is 23.0 Å². The minimum absolute atomic E-state index is 0.0447. The topological polar surface area (TPSA) is 193 Å². The zero-order valence-corrected chi connectivity index (χ0v) is 32.4. The molecule has 1 amide bonds. The number of hydrogen-bond donors (Lipinski definition) is 3. The van der Waals surface area contributed by atoms with Gasteiger partial charge in [0.05, 0.1) is 78.1 Å². The number of nitrogens with one attached hydrogen (secondary N) is 2. The molecule has 0 radical (unpaired) electrons. The summed E-state index contributed by atoms with van der Waals surface area (Å²) in [5.41, 5.74) is 8.27. The molecular weight excluding hydrogens is 763 g/mol. The summed E-state index contributed by atoms with van der Waals surface area (Å²) in [7, 11) is 0. The lowest BCUT2D eigenvalue weighted by Gasteiger charge is -2.31. The Kier molecular flexibility index (Phi) is 9.34. The van der Waals surface area contributed by atoms with Gasteiger partial charge in [-0.15, -0.1) is 22.7 Å². The molecule has 0 unspecified atom stereocenters. The van der Waals surface area contributed by atoms with Crippen molar-refractivity contribution in [3.05, 3.63) is 80.6 Å². The average Bonchev–Trinajstić information content (AvgIpc) is 4.05. The Hall–Kier alpha value is -5.78. The number of pyridine rings is 2. The number of carbonyl (C=O) groups is 2. The Balaban J connectivity index is 0.000000141. The number of thiophene rings is 2. The van der Waals surface area contributed by atoms with Gasteiger partial charge in [-0.25, -0.2) is 19.9 Å². The molecule has 3 N–H and O–H groups in total. The lowest BCUT2D eigenvalue weighted by molar-refractivity contribution is -0.142. The van der Waals surface area contributed by atoms with Crippen molar-refractivity contribution in [1.29, 1.82) is 0 Å². The number of carboxylic acids is 1. The van der Waals surface area contributed by atoms with E-state index in [1.54, 1.807) is 41.5 Å². The number of rotatable bonds is 6. The van der Waals surface area contributed by atoms with Crippen molar-refractivity contribution in [3.63, 3.8) is 0 Å². The number of carboxylic acid groups (broad SMARTS) is 1. The van der Waals surface area contributed by atoms with Crippen molar-refractivity contribution in [3.8, 4) is 0 Å². The maximum atomic E-state index is 13.0. The van der Waals surface area contributed by atoms with Gasteiger partial charge in [0.15, 0.2) is 0 Å². The number of aryl methyl sites for hydroxylation is 2. The highest BCUT2D eigenvalue weighted by molar-refractivity contribution is 7.19. The van der Waals surface area contributed by atoms with Gasteiger partial charge in [0.2, 0.25) is 5.91 Å². The number of ether oxygens (including phenoxy) is 1. The highest BCUT2D eigenvalue weighted by Gasteiger charge is 2.33. The first-order chi connectivity index (χ1) is 27.9. The molecule has 0 aromatic carbocycles. The van der Waals surface area contributed by atoms with Crippen LogP contribution in [-0.4, -0.2) is 90.5 Å². The highest BCUT2D eigenvalue weighted by Crippen LogP contribution is 2.42. The van der Waals surface area contributed by atoms with Crippen LogP contribution < -0.4 is 10.6 Å². The first-order valence-electron chi connectivity index (χ1n) is 19.1. The van der Waals surface area contributed by atoms with Crippen LogP contribution in [0.2, 0.25) is 0 Å². The Morgan fingerprint density at radius 2 is 1.25 bits per heavy atom. The third kappa shape index (κ3) is 6.89. The van der Waals surface area contributed by atoms with Gasteiger partial charge in [-0.05, 0) is 61.8 Å². The normalized spacial score (nSPS) is 19.1. The zero-order valence-electron chi connectivity index (χ0n) is 30.8. The van der Waals surface area contributed by atoms with Crippen molar-refractivity contribution >= 4 is 90.4 Å². The Morgan fingerprint density at radius 1 is 0.719 bits per heavy atom. The Labute approximate surface area is 334 Å². The van der Waals surface area contributed by atoms with Crippen LogP contribution in [0.15, 0.2) is 47.2 Å². The SMILES string of the molecule is O=C(O)[C@H]1CCc2c(sc3ncnc(Nc4cnc5c(c4)C=NC5)c23)C1.O=C([C@H]1CCc2c(sc3ncnc(Nc4cnc5c(c4)C=NC5)c23)C1)N1CCOCC1. The van der Waals surface area contributed by atoms with E-state index in [4.69, 9.17) is 4.74 Å². The molecule has 6 aromatic rings. The number of hydrogen-bond acceptors (Lipinski definition) is 15. The summed E-state index contributed by atoms with van der Waals surface area (Å²) < 4.78 is 5.39. The number of nitrogens with zero attached hydrogens (tertiary/aromatic N) is 9. The van der Waals surface area contributed by atoms with Gasteiger partial charge in [0.1, 0.15) is 34.0 Å². The molecule has 15 nitrogen and oxygen atoms in total. The molecule has 0 bridgehead atoms. The molecule has 288 valence electrons. The summed E-state index contributed by atoms with van der Waals surface area (Å²) in [5, 5.41) is 18.2. The highest BCUT2D eigenvalue weighted by atomic mass is 32.1. The summed E-state index contributed by atoms with van der Waals surface area (Å²) in [4.78, 5) is 65.9. The van der Waals surface area contributed by atoms with Crippen LogP contribution in [0, 0.1) is 11.8 Å². The van der Waals surface area contributed by atoms with E-state index in [1.807, 2.05) is 29.6 Å². The number of anilines is 4. The predicted molar refractivity (Wildman–Crippen MR) is 219 cm³/mol. The standard InChI is InChI=1S/C22H22N6O2S.C18H15N5O2S/c29-22(28-3-5-30-6-4-28)13-1-2-16-18(8-13)31-21-19(16)20(25-12-26-21)27-15-7-14-9-23-11-17(14)24-10-15;24-18(25)9-1-2-12-14(4-9)26-17-15(12)16(21-8-22-17)23-11-3-10-5-19-7-13(10)20-6-11/h7,9-10,12-13H,1-6,8,11H2,(H,25,26,27);3,5-6,8-9H,1-2,4,7H2,(H,24,25)(H,21,22,23)/t13-;9-/m00/s1. The molecule has 11 rings (SSSR count). The molecule has 17 heteroatoms. The number of morpholine rings is 1. The van der Waals surface area contributed by atoms with Crippen LogP contribution in [0.5, 0.6) is 0 Å². The molecule has 6 aromatic heterocycles. The zero-order chi connectivity index (χ0) is 38.5. The van der Waals surface area contributed by atoms with E-state index in [1.165, 1.54) is 16.0 Å². The molecule has 3 aliphatic heterocycles. The summed E-state index contributed by atoms with van der Waals surface area (Å²) in [6.45, 7) is 3.97. The quantitative estimate of drug-likeness (QED) is 0.187. The molecule has 57 heavy (non-hydrogen) atoms. The van der Waals surface area contributed by atoms with Crippen molar-refractivity contribution in [2.75, 3.05) is 36.9 Å². The van der Waals surface area contributed by atoms with E-state index >= 15 is 0 Å². The van der Waals surface area contributed by atoms with Gasteiger partial charge in [-0.1, -0.05) is 0 Å². The number of aromatic nitrogens is 6. The molecular formula is C40H37N11O4S2. The fourth-order valence-corrected chi connectivity index (χ4v) is 10.8. The van der Waals surface area contributed by atoms with E-state index < -0.39 is 5.97 Å². The second kappa shape index (κ2) is 14.9. The second-order valence-corrected chi connectivity index (χ2v) is 16.8. The van der Waals surface area contributed by atoms with Gasteiger partial charge >= 0.3 is 5.97 Å². The van der Waals surface area contributed by atoms with Gasteiger partial charge < -0.3 is 25.4 Å². The van der Waals surface area contributed by atoms with E-state index in [-0.39, 0.29) is 17.7 Å². The number of aliphatic carboxylic acids is 1. The van der Waals surface area contributed by atoms with Gasteiger partial charge in [-0.2, -0.15) is 0 Å². The van der Waals surface area contributed by atoms with Crippen molar-refractivity contribution in [2.45, 2.75) is 51.6 Å². The monoisotopic (exact) mass is 799 g/mol. The maximum Gasteiger partial charge on any atom is 0.306 e. The lowest BCUT2D eigenvalue weighted by Crippen LogP contribution is -2.44. The Morgan fingerprint density at radius 3 is 1.79 bits per heavy atom. The van der Waals surface area contributed by atoms with Crippen molar-refractivity contribution < 1.29 is 19.4 Å². The number of carbonyl (C=O) groups excluding carboxylic acids is 1. The second-order valence-electron chi connectivity index (χ2n) is 14.7. The average molecular weight is 800 g/mol. The first kappa shape index (κ1) is 35.6. The molecule has 0 saturated carbocycles. The molecule has 1 fully saturated rings. The van der Waals surface area contributed by atoms with Gasteiger partial charge in [-0.3, -0.25) is 29.5 Å². The van der Waals surface area contributed by atoms with Crippen LogP contribution in [-0.2, 0) is 53.1 Å². The molecule has 9 heterocycles. The number of amides is 1. The van der Waals surface area contributed by atoms with Gasteiger partial charge in [0, 0.05) is 52.3 Å². The molecule has 0 spiro atoms. The smallest absolute Gasteiger partial charge is 0.306 e. The maximum absolute atomic E-state index is 13.0. The fourth-order valence-electron chi connectivity index (χ4n) is 8.25. The van der Waals surface area contributed by atoms with Crippen molar-refractivity contribution in [1.82, 2.24) is 34.8 Å². The van der Waals surface area contributed by atoms with Crippen LogP contribution in [0.3, 0.4) is 0 Å². The van der Waals surface area contributed by atoms with E-state index in [2.05, 4.69) is 56.6 Å². The molecule has 5 aliphatic rings. The van der Waals surface area contributed by atoms with E-state index in [0.717, 1.165) is 96.5 Å². The summed E-state index contributed by atoms with van der Waals surface area (Å²) in [6.07, 6.45) is 14.9. The van der Waals surface area contributed by atoms with Gasteiger partial charge in [0.25, 0.3) is 0 Å². The fraction of sp³-hybridized carbons (Fsp3) is 0.350. The third-order valence-electron chi connectivity index (χ3n) is 11.2. The third-order valence-corrected chi connectivity index (χ3v) is 13.5. The van der Waals surface area contributed by atoms with Crippen molar-refractivity contribution in [2.24, 2.45) is 21.8 Å². The van der Waals surface area contributed by atoms with Crippen LogP contribution in [0.1, 0.15) is 56.2 Å². The summed E-state index contributed by atoms with van der Waals surface area (Å²) >= 11 is 3.26. The summed E-state index contributed by atoms with van der Waals surface area (Å²) in [6, 6.07) is 4.08. The lowest BCUT2D eigenvalue weighted by atomic mass is 9.86.